The fourth-order valence-corrected chi connectivity index (χ4v) is 5.67. The average Bonchev–Trinajstić information content (AvgIpc) is 2.91. The van der Waals surface area contributed by atoms with Crippen LogP contribution in [0.15, 0.2) is 90.1 Å². The number of sulfonamides is 1. The first-order valence-electron chi connectivity index (χ1n) is 11.5. The van der Waals surface area contributed by atoms with Crippen LogP contribution >= 0.6 is 0 Å². The van der Waals surface area contributed by atoms with Crippen molar-refractivity contribution in [2.45, 2.75) is 24.5 Å². The largest absolute Gasteiger partial charge is 0.497 e. The summed E-state index contributed by atoms with van der Waals surface area (Å²) in [4.78, 5) is 16.4. The van der Waals surface area contributed by atoms with Crippen molar-refractivity contribution in [2.75, 3.05) is 11.4 Å². The Hall–Kier alpha value is -4.38. The lowest BCUT2D eigenvalue weighted by atomic mass is 9.96. The summed E-state index contributed by atoms with van der Waals surface area (Å²) in [5, 5.41) is 10.1. The molecule has 0 aliphatic carbocycles. The molecule has 4 aromatic rings. The van der Waals surface area contributed by atoms with Crippen molar-refractivity contribution < 1.29 is 36.2 Å². The molecule has 0 radical (unpaired) electrons. The maximum atomic E-state index is 13.9. The smallest absolute Gasteiger partial charge is 0.416 e. The minimum absolute atomic E-state index is 0.107. The van der Waals surface area contributed by atoms with Crippen molar-refractivity contribution in [1.82, 2.24) is 4.98 Å². The van der Waals surface area contributed by atoms with Gasteiger partial charge >= 0.3 is 12.1 Å². The summed E-state index contributed by atoms with van der Waals surface area (Å²) in [6.07, 6.45) is -1.61. The van der Waals surface area contributed by atoms with Gasteiger partial charge in [-0.15, -0.1) is 0 Å². The van der Waals surface area contributed by atoms with E-state index in [-0.39, 0.29) is 39.4 Å². The molecule has 0 atom stereocenters. The molecule has 11 heteroatoms. The van der Waals surface area contributed by atoms with Crippen LogP contribution in [0.25, 0.3) is 11.1 Å². The van der Waals surface area contributed by atoms with Crippen LogP contribution in [0.1, 0.15) is 27.0 Å². The Morgan fingerprint density at radius 3 is 2.31 bits per heavy atom. The van der Waals surface area contributed by atoms with Gasteiger partial charge in [-0.25, -0.2) is 13.2 Å². The zero-order valence-corrected chi connectivity index (χ0v) is 21.6. The number of aryl methyl sites for hydroxylation is 1. The summed E-state index contributed by atoms with van der Waals surface area (Å²) in [7, 11) is -2.88. The number of ether oxygens (including phenoxy) is 1. The molecule has 0 aliphatic heterocycles. The number of hydrogen-bond donors (Lipinski definition) is 1. The highest BCUT2D eigenvalue weighted by atomic mass is 32.2. The average molecular weight is 557 g/mol. The Bertz CT molecular complexity index is 1610. The summed E-state index contributed by atoms with van der Waals surface area (Å²) in [6, 6.07) is 16.0. The minimum Gasteiger partial charge on any atom is -0.497 e. The van der Waals surface area contributed by atoms with Crippen LogP contribution in [-0.4, -0.2) is 31.6 Å². The maximum Gasteiger partial charge on any atom is 0.416 e. The Kier molecular flexibility index (Phi) is 7.64. The molecule has 0 fully saturated rings. The fourth-order valence-electron chi connectivity index (χ4n) is 4.13. The van der Waals surface area contributed by atoms with E-state index in [2.05, 4.69) is 4.98 Å². The molecule has 1 heterocycles. The van der Waals surface area contributed by atoms with Gasteiger partial charge in [0.05, 0.1) is 35.4 Å². The number of carbonyl (C=O) groups is 1. The van der Waals surface area contributed by atoms with E-state index < -0.39 is 27.7 Å². The van der Waals surface area contributed by atoms with Crippen molar-refractivity contribution in [2.24, 2.45) is 0 Å². The zero-order chi connectivity index (χ0) is 28.4. The highest BCUT2D eigenvalue weighted by Gasteiger charge is 2.32. The van der Waals surface area contributed by atoms with Crippen molar-refractivity contribution in [3.05, 3.63) is 107 Å². The van der Waals surface area contributed by atoms with Gasteiger partial charge in [0.1, 0.15) is 5.75 Å². The number of aromatic carboxylic acids is 1. The Morgan fingerprint density at radius 1 is 1.00 bits per heavy atom. The van der Waals surface area contributed by atoms with E-state index in [1.165, 1.54) is 75.0 Å². The first kappa shape index (κ1) is 27.6. The number of hydrogen-bond acceptors (Lipinski definition) is 5. The molecule has 3 aromatic carbocycles. The SMILES string of the molecule is COc1ccc(S(=O)(=O)N(Cc2cccnc2)c2c(C)cc(-c3cccc(C(F)(F)F)c3)cc2C(=O)O)cc1. The van der Waals surface area contributed by atoms with Gasteiger partial charge in [-0.05, 0) is 83.8 Å². The van der Waals surface area contributed by atoms with Crippen molar-refractivity contribution in [3.63, 3.8) is 0 Å². The lowest BCUT2D eigenvalue weighted by molar-refractivity contribution is -0.137. The molecule has 1 aromatic heterocycles. The Morgan fingerprint density at radius 2 is 1.72 bits per heavy atom. The van der Waals surface area contributed by atoms with E-state index >= 15 is 0 Å². The minimum atomic E-state index is -4.59. The van der Waals surface area contributed by atoms with Crippen molar-refractivity contribution >= 4 is 21.7 Å². The number of anilines is 1. The predicted octanol–water partition coefficient (Wildman–Crippen LogP) is 6.18. The summed E-state index contributed by atoms with van der Waals surface area (Å²) in [5.41, 5.74) is -0.322. The van der Waals surface area contributed by atoms with Crippen LogP contribution in [0, 0.1) is 6.92 Å². The number of methoxy groups -OCH3 is 1. The van der Waals surface area contributed by atoms with Crippen LogP contribution in [0.3, 0.4) is 0 Å². The number of rotatable bonds is 8. The second kappa shape index (κ2) is 10.8. The van der Waals surface area contributed by atoms with Gasteiger partial charge in [0.2, 0.25) is 0 Å². The molecule has 7 nitrogen and oxygen atoms in total. The number of aromatic nitrogens is 1. The number of carboxylic acids is 1. The molecule has 0 bridgehead atoms. The Balaban J connectivity index is 1.92. The molecule has 0 saturated heterocycles. The Labute approximate surface area is 223 Å². The number of alkyl halides is 3. The van der Waals surface area contributed by atoms with E-state index in [1.807, 2.05) is 0 Å². The van der Waals surface area contributed by atoms with Crippen LogP contribution in [-0.2, 0) is 22.7 Å². The molecule has 4 rings (SSSR count). The van der Waals surface area contributed by atoms with Gasteiger partial charge in [0.25, 0.3) is 10.0 Å². The summed E-state index contributed by atoms with van der Waals surface area (Å²) in [5.74, 6) is -1.01. The standard InChI is InChI=1S/C28H23F3N2O5S/c1-18-13-21(20-6-3-7-22(14-20)28(29,30)31)15-25(27(34)35)26(18)33(17-19-5-4-12-32-16-19)39(36,37)24-10-8-23(38-2)9-11-24/h3-16H,17H2,1-2H3,(H,34,35). The molecule has 0 aliphatic rings. The molecule has 0 spiro atoms. The molecule has 1 N–H and O–H groups in total. The molecule has 202 valence electrons. The van der Waals surface area contributed by atoms with E-state index in [1.54, 1.807) is 12.1 Å². The summed E-state index contributed by atoms with van der Waals surface area (Å²) in [6.45, 7) is 1.27. The maximum absolute atomic E-state index is 13.9. The zero-order valence-electron chi connectivity index (χ0n) is 20.8. The number of nitrogens with zero attached hydrogens (tertiary/aromatic N) is 2. The second-order valence-corrected chi connectivity index (χ2v) is 10.5. The molecule has 0 unspecified atom stereocenters. The van der Waals surface area contributed by atoms with Crippen molar-refractivity contribution in [3.8, 4) is 16.9 Å². The van der Waals surface area contributed by atoms with E-state index in [0.717, 1.165) is 16.4 Å². The number of carboxylic acid groups (broad SMARTS) is 1. The second-order valence-electron chi connectivity index (χ2n) is 8.62. The highest BCUT2D eigenvalue weighted by molar-refractivity contribution is 7.92. The van der Waals surface area contributed by atoms with Crippen LogP contribution in [0.4, 0.5) is 18.9 Å². The molecular formula is C28H23F3N2O5S. The lowest BCUT2D eigenvalue weighted by Gasteiger charge is -2.28. The van der Waals surface area contributed by atoms with E-state index in [0.29, 0.717) is 11.3 Å². The summed E-state index contributed by atoms with van der Waals surface area (Å²) < 4.78 is 73.8. The van der Waals surface area contributed by atoms with Crippen LogP contribution in [0.5, 0.6) is 5.75 Å². The van der Waals surface area contributed by atoms with Crippen LogP contribution < -0.4 is 9.04 Å². The van der Waals surface area contributed by atoms with Gasteiger partial charge < -0.3 is 9.84 Å². The first-order valence-corrected chi connectivity index (χ1v) is 13.0. The third-order valence-corrected chi connectivity index (χ3v) is 7.76. The number of pyridine rings is 1. The topological polar surface area (TPSA) is 96.8 Å². The fraction of sp³-hybridized carbons (Fsp3) is 0.143. The van der Waals surface area contributed by atoms with E-state index in [4.69, 9.17) is 4.74 Å². The van der Waals surface area contributed by atoms with Gasteiger partial charge in [-0.1, -0.05) is 18.2 Å². The molecule has 0 amide bonds. The quantitative estimate of drug-likeness (QED) is 0.279. The van der Waals surface area contributed by atoms with Crippen molar-refractivity contribution in [1.29, 1.82) is 0 Å². The number of halogens is 3. The highest BCUT2D eigenvalue weighted by Crippen LogP contribution is 2.38. The number of benzene rings is 3. The van der Waals surface area contributed by atoms with Gasteiger partial charge in [-0.2, -0.15) is 13.2 Å². The molecule has 39 heavy (non-hydrogen) atoms. The predicted molar refractivity (Wildman–Crippen MR) is 139 cm³/mol. The van der Waals surface area contributed by atoms with E-state index in [9.17, 15) is 31.5 Å². The normalized spacial score (nSPS) is 11.7. The van der Waals surface area contributed by atoms with Gasteiger partial charge in [0.15, 0.2) is 0 Å². The summed E-state index contributed by atoms with van der Waals surface area (Å²) >= 11 is 0. The monoisotopic (exact) mass is 556 g/mol. The van der Waals surface area contributed by atoms with Gasteiger partial charge in [-0.3, -0.25) is 9.29 Å². The van der Waals surface area contributed by atoms with Gasteiger partial charge in [0, 0.05) is 12.4 Å². The third kappa shape index (κ3) is 5.88. The molecule has 0 saturated carbocycles. The molecular weight excluding hydrogens is 533 g/mol. The third-order valence-electron chi connectivity index (χ3n) is 6.00. The van der Waals surface area contributed by atoms with Crippen LogP contribution in [0.2, 0.25) is 0 Å². The lowest BCUT2D eigenvalue weighted by Crippen LogP contribution is -2.32. The first-order chi connectivity index (χ1) is 18.4.